The molecule has 4 heteroatoms. The zero-order valence-corrected chi connectivity index (χ0v) is 12.4. The van der Waals surface area contributed by atoms with Gasteiger partial charge in [-0.1, -0.05) is 12.1 Å². The zero-order valence-electron chi connectivity index (χ0n) is 12.4. The van der Waals surface area contributed by atoms with E-state index < -0.39 is 0 Å². The minimum atomic E-state index is -0.265. The molecule has 0 bridgehead atoms. The van der Waals surface area contributed by atoms with E-state index in [1.54, 1.807) is 0 Å². The van der Waals surface area contributed by atoms with Crippen LogP contribution in [0.1, 0.15) is 39.2 Å². The molecule has 1 amide bonds. The van der Waals surface area contributed by atoms with Gasteiger partial charge in [-0.05, 0) is 51.3 Å². The Bertz CT molecular complexity index is 442. The van der Waals surface area contributed by atoms with Gasteiger partial charge in [0.05, 0.1) is 0 Å². The van der Waals surface area contributed by atoms with Gasteiger partial charge in [-0.2, -0.15) is 0 Å². The van der Waals surface area contributed by atoms with Crippen molar-refractivity contribution in [2.75, 3.05) is 6.61 Å². The Balaban J connectivity index is 1.83. The maximum absolute atomic E-state index is 11.8. The van der Waals surface area contributed by atoms with Gasteiger partial charge >= 0.3 is 0 Å². The molecule has 1 unspecified atom stereocenters. The smallest absolute Gasteiger partial charge is 0.249 e. The summed E-state index contributed by atoms with van der Waals surface area (Å²) in [5.41, 5.74) is 0.854. The monoisotopic (exact) mass is 277 g/mol. The molecule has 2 rings (SSSR count). The van der Waals surface area contributed by atoms with Crippen LogP contribution in [-0.4, -0.2) is 24.2 Å². The maximum Gasteiger partial charge on any atom is 0.249 e. The van der Waals surface area contributed by atoms with Gasteiger partial charge in [0.2, 0.25) is 5.91 Å². The highest BCUT2D eigenvalue weighted by atomic mass is 16.5. The summed E-state index contributed by atoms with van der Waals surface area (Å²) in [6, 6.07) is 7.80. The van der Waals surface area contributed by atoms with Crippen LogP contribution in [0.5, 0.6) is 5.75 Å². The van der Waals surface area contributed by atoms with Gasteiger partial charge < -0.3 is 14.8 Å². The van der Waals surface area contributed by atoms with Crippen LogP contribution in [0.25, 0.3) is 0 Å². The molecule has 1 N–H and O–H groups in total. The Labute approximate surface area is 120 Å². The van der Waals surface area contributed by atoms with Crippen LogP contribution in [0.4, 0.5) is 0 Å². The minimum absolute atomic E-state index is 0.0162. The average molecular weight is 277 g/mol. The standard InChI is InChI=1S/C16H23NO3/c1-16(2,3)20-13-8-6-12(7-9-13)11-17-15(18)14-5-4-10-19-14/h6-9,14H,4-5,10-11H2,1-3H3,(H,17,18). The normalized spacial score (nSPS) is 18.9. The third kappa shape index (κ3) is 4.53. The second kappa shape index (κ2) is 6.27. The van der Waals surface area contributed by atoms with E-state index in [4.69, 9.17) is 9.47 Å². The maximum atomic E-state index is 11.8. The molecule has 110 valence electrons. The van der Waals surface area contributed by atoms with E-state index in [0.29, 0.717) is 13.2 Å². The fourth-order valence-corrected chi connectivity index (χ4v) is 2.12. The Morgan fingerprint density at radius 1 is 1.35 bits per heavy atom. The van der Waals surface area contributed by atoms with Crippen LogP contribution < -0.4 is 10.1 Å². The molecule has 1 aliphatic heterocycles. The lowest BCUT2D eigenvalue weighted by molar-refractivity contribution is -0.130. The van der Waals surface area contributed by atoms with Crippen LogP contribution >= 0.6 is 0 Å². The Morgan fingerprint density at radius 2 is 2.05 bits per heavy atom. The lowest BCUT2D eigenvalue weighted by Gasteiger charge is -2.21. The SMILES string of the molecule is CC(C)(C)Oc1ccc(CNC(=O)C2CCCO2)cc1. The Kier molecular flexibility index (Phi) is 4.65. The lowest BCUT2D eigenvalue weighted by Crippen LogP contribution is -2.33. The minimum Gasteiger partial charge on any atom is -0.488 e. The highest BCUT2D eigenvalue weighted by Gasteiger charge is 2.22. The molecule has 0 aromatic heterocycles. The van der Waals surface area contributed by atoms with Crippen molar-refractivity contribution >= 4 is 5.91 Å². The largest absolute Gasteiger partial charge is 0.488 e. The molecule has 0 spiro atoms. The van der Waals surface area contributed by atoms with Gasteiger partial charge in [-0.3, -0.25) is 4.79 Å². The molecular formula is C16H23NO3. The summed E-state index contributed by atoms with van der Waals surface area (Å²) in [7, 11) is 0. The van der Waals surface area contributed by atoms with Crippen molar-refractivity contribution in [3.8, 4) is 5.75 Å². The van der Waals surface area contributed by atoms with Gasteiger partial charge in [-0.25, -0.2) is 0 Å². The van der Waals surface area contributed by atoms with Crippen molar-refractivity contribution in [3.63, 3.8) is 0 Å². The van der Waals surface area contributed by atoms with E-state index in [0.717, 1.165) is 24.2 Å². The first-order valence-corrected chi connectivity index (χ1v) is 7.11. The summed E-state index contributed by atoms with van der Waals surface area (Å²) in [5, 5.41) is 2.90. The van der Waals surface area contributed by atoms with Crippen molar-refractivity contribution in [2.45, 2.75) is 51.9 Å². The summed E-state index contributed by atoms with van der Waals surface area (Å²) in [5.74, 6) is 0.823. The molecule has 1 aromatic carbocycles. The van der Waals surface area contributed by atoms with Crippen LogP contribution in [0.3, 0.4) is 0 Å². The van der Waals surface area contributed by atoms with Gasteiger partial charge in [0.1, 0.15) is 17.5 Å². The number of carbonyl (C=O) groups is 1. The number of rotatable bonds is 4. The molecule has 0 aliphatic carbocycles. The van der Waals surface area contributed by atoms with Crippen molar-refractivity contribution < 1.29 is 14.3 Å². The van der Waals surface area contributed by atoms with Crippen molar-refractivity contribution in [1.82, 2.24) is 5.32 Å². The lowest BCUT2D eigenvalue weighted by atomic mass is 10.1. The van der Waals surface area contributed by atoms with Crippen LogP contribution in [0.15, 0.2) is 24.3 Å². The zero-order chi connectivity index (χ0) is 14.6. The summed E-state index contributed by atoms with van der Waals surface area (Å²) in [4.78, 5) is 11.8. The second-order valence-corrected chi connectivity index (χ2v) is 6.08. The number of hydrogen-bond acceptors (Lipinski definition) is 3. The van der Waals surface area contributed by atoms with E-state index in [2.05, 4.69) is 5.32 Å². The predicted molar refractivity (Wildman–Crippen MR) is 77.6 cm³/mol. The summed E-state index contributed by atoms with van der Waals surface area (Å²) in [6.07, 6.45) is 1.53. The van der Waals surface area contributed by atoms with E-state index >= 15 is 0 Å². The first-order chi connectivity index (χ1) is 9.44. The van der Waals surface area contributed by atoms with Crippen LogP contribution in [-0.2, 0) is 16.1 Å². The van der Waals surface area contributed by atoms with E-state index in [1.165, 1.54) is 0 Å². The van der Waals surface area contributed by atoms with Crippen molar-refractivity contribution in [3.05, 3.63) is 29.8 Å². The van der Waals surface area contributed by atoms with E-state index in [1.807, 2.05) is 45.0 Å². The fourth-order valence-electron chi connectivity index (χ4n) is 2.12. The highest BCUT2D eigenvalue weighted by molar-refractivity contribution is 5.80. The molecule has 1 saturated heterocycles. The molecule has 20 heavy (non-hydrogen) atoms. The molecule has 1 aromatic rings. The number of hydrogen-bond donors (Lipinski definition) is 1. The third-order valence-electron chi connectivity index (χ3n) is 3.04. The molecule has 1 atom stereocenters. The van der Waals surface area contributed by atoms with Crippen LogP contribution in [0, 0.1) is 0 Å². The summed E-state index contributed by atoms with van der Waals surface area (Å²) < 4.78 is 11.1. The molecule has 4 nitrogen and oxygen atoms in total. The topological polar surface area (TPSA) is 47.6 Å². The van der Waals surface area contributed by atoms with Crippen molar-refractivity contribution in [1.29, 1.82) is 0 Å². The Morgan fingerprint density at radius 3 is 2.60 bits per heavy atom. The molecule has 0 radical (unpaired) electrons. The highest BCUT2D eigenvalue weighted by Crippen LogP contribution is 2.18. The van der Waals surface area contributed by atoms with E-state index in [9.17, 15) is 4.79 Å². The number of ether oxygens (including phenoxy) is 2. The summed E-state index contributed by atoms with van der Waals surface area (Å²) >= 11 is 0. The molecule has 1 heterocycles. The van der Waals surface area contributed by atoms with Gasteiger partial charge in [0, 0.05) is 13.2 Å². The third-order valence-corrected chi connectivity index (χ3v) is 3.04. The fraction of sp³-hybridized carbons (Fsp3) is 0.562. The quantitative estimate of drug-likeness (QED) is 0.920. The second-order valence-electron chi connectivity index (χ2n) is 6.08. The van der Waals surface area contributed by atoms with E-state index in [-0.39, 0.29) is 17.6 Å². The number of carbonyl (C=O) groups excluding carboxylic acids is 1. The number of nitrogens with one attached hydrogen (secondary N) is 1. The number of benzene rings is 1. The van der Waals surface area contributed by atoms with Gasteiger partial charge in [-0.15, -0.1) is 0 Å². The molecule has 0 saturated carbocycles. The van der Waals surface area contributed by atoms with Crippen molar-refractivity contribution in [2.24, 2.45) is 0 Å². The molecule has 1 fully saturated rings. The molecule has 1 aliphatic rings. The van der Waals surface area contributed by atoms with Gasteiger partial charge in [0.25, 0.3) is 0 Å². The first kappa shape index (κ1) is 14.9. The Hall–Kier alpha value is -1.55. The predicted octanol–water partition coefficient (Wildman–Crippen LogP) is 2.66. The summed E-state index contributed by atoms with van der Waals surface area (Å²) in [6.45, 7) is 7.26. The average Bonchev–Trinajstić information content (AvgIpc) is 2.89. The first-order valence-electron chi connectivity index (χ1n) is 7.11. The van der Waals surface area contributed by atoms with Gasteiger partial charge in [0.15, 0.2) is 0 Å². The van der Waals surface area contributed by atoms with Crippen LogP contribution in [0.2, 0.25) is 0 Å². The number of amides is 1. The molecular weight excluding hydrogens is 254 g/mol.